The van der Waals surface area contributed by atoms with Crippen LogP contribution in [0.15, 0.2) is 78.2 Å². The SMILES string of the molecule is CC(NC(=O)CSc1ncnc2c1cnn2-c1ccccc1)c1ccccc1. The van der Waals surface area contributed by atoms with Crippen molar-refractivity contribution in [3.8, 4) is 5.69 Å². The van der Waals surface area contributed by atoms with Crippen LogP contribution in [0.4, 0.5) is 0 Å². The highest BCUT2D eigenvalue weighted by Crippen LogP contribution is 2.25. The van der Waals surface area contributed by atoms with E-state index in [1.165, 1.54) is 18.1 Å². The number of nitrogens with zero attached hydrogens (tertiary/aromatic N) is 4. The first-order valence-corrected chi connectivity index (χ1v) is 9.92. The molecule has 140 valence electrons. The first-order chi connectivity index (χ1) is 13.7. The molecule has 0 radical (unpaired) electrons. The molecule has 0 aliphatic rings. The molecule has 6 nitrogen and oxygen atoms in total. The molecule has 4 rings (SSSR count). The minimum absolute atomic E-state index is 0.0384. The van der Waals surface area contributed by atoms with Crippen molar-refractivity contribution in [3.63, 3.8) is 0 Å². The van der Waals surface area contributed by atoms with Gasteiger partial charge >= 0.3 is 0 Å². The Morgan fingerprint density at radius 1 is 1.07 bits per heavy atom. The molecule has 2 aromatic carbocycles. The number of rotatable bonds is 6. The second kappa shape index (κ2) is 8.22. The summed E-state index contributed by atoms with van der Waals surface area (Å²) in [5.41, 5.74) is 2.73. The van der Waals surface area contributed by atoms with Crippen LogP contribution in [0, 0.1) is 0 Å². The smallest absolute Gasteiger partial charge is 0.230 e. The second-order valence-electron chi connectivity index (χ2n) is 6.30. The van der Waals surface area contributed by atoms with Gasteiger partial charge in [-0.15, -0.1) is 0 Å². The quantitative estimate of drug-likeness (QED) is 0.401. The third-order valence-electron chi connectivity index (χ3n) is 4.35. The number of thioether (sulfide) groups is 1. The Kier molecular flexibility index (Phi) is 5.34. The molecular formula is C21H19N5OS. The standard InChI is InChI=1S/C21H19N5OS/c1-15(16-8-4-2-5-9-16)25-19(27)13-28-21-18-12-24-26(20(18)22-14-23-21)17-10-6-3-7-11-17/h2-12,14-15H,13H2,1H3,(H,25,27). The molecule has 1 amide bonds. The van der Waals surface area contributed by atoms with Gasteiger partial charge in [-0.1, -0.05) is 60.3 Å². The predicted octanol–water partition coefficient (Wildman–Crippen LogP) is 3.79. The Balaban J connectivity index is 1.47. The Morgan fingerprint density at radius 3 is 2.54 bits per heavy atom. The number of benzene rings is 2. The van der Waals surface area contributed by atoms with Gasteiger partial charge in [0.25, 0.3) is 0 Å². The minimum Gasteiger partial charge on any atom is -0.349 e. The molecule has 4 aromatic rings. The van der Waals surface area contributed by atoms with Crippen molar-refractivity contribution in [3.05, 3.63) is 78.8 Å². The summed E-state index contributed by atoms with van der Waals surface area (Å²) in [6.07, 6.45) is 3.26. The average molecular weight is 389 g/mol. The number of nitrogens with one attached hydrogen (secondary N) is 1. The number of fused-ring (bicyclic) bond motifs is 1. The second-order valence-corrected chi connectivity index (χ2v) is 7.26. The van der Waals surface area contributed by atoms with Gasteiger partial charge < -0.3 is 5.32 Å². The third kappa shape index (κ3) is 3.89. The van der Waals surface area contributed by atoms with Gasteiger partial charge in [-0.05, 0) is 24.6 Å². The zero-order valence-corrected chi connectivity index (χ0v) is 16.1. The van der Waals surface area contributed by atoms with Gasteiger partial charge in [-0.2, -0.15) is 5.10 Å². The Labute approximate surface area is 167 Å². The lowest BCUT2D eigenvalue weighted by atomic mass is 10.1. The Hall–Kier alpha value is -3.19. The van der Waals surface area contributed by atoms with Crippen LogP contribution < -0.4 is 5.32 Å². The molecule has 28 heavy (non-hydrogen) atoms. The molecule has 2 heterocycles. The van der Waals surface area contributed by atoms with Crippen LogP contribution in [-0.2, 0) is 4.79 Å². The number of hydrogen-bond donors (Lipinski definition) is 1. The van der Waals surface area contributed by atoms with E-state index < -0.39 is 0 Å². The number of aromatic nitrogens is 4. The molecule has 0 saturated carbocycles. The van der Waals surface area contributed by atoms with Crippen LogP contribution in [0.2, 0.25) is 0 Å². The Bertz CT molecular complexity index is 1080. The highest BCUT2D eigenvalue weighted by atomic mass is 32.2. The monoisotopic (exact) mass is 389 g/mol. The lowest BCUT2D eigenvalue weighted by Gasteiger charge is -2.14. The van der Waals surface area contributed by atoms with E-state index in [2.05, 4.69) is 20.4 Å². The fraction of sp³-hybridized carbons (Fsp3) is 0.143. The number of carbonyl (C=O) groups is 1. The Morgan fingerprint density at radius 2 is 1.79 bits per heavy atom. The van der Waals surface area contributed by atoms with Gasteiger partial charge in [0.05, 0.1) is 29.1 Å². The minimum atomic E-state index is -0.0412. The van der Waals surface area contributed by atoms with Gasteiger partial charge in [-0.25, -0.2) is 14.6 Å². The first-order valence-electron chi connectivity index (χ1n) is 8.93. The van der Waals surface area contributed by atoms with E-state index in [4.69, 9.17) is 0 Å². The van der Waals surface area contributed by atoms with Crippen LogP contribution in [0.1, 0.15) is 18.5 Å². The van der Waals surface area contributed by atoms with Crippen molar-refractivity contribution < 1.29 is 4.79 Å². The van der Waals surface area contributed by atoms with Crippen LogP contribution in [0.25, 0.3) is 16.7 Å². The molecule has 0 aliphatic carbocycles. The zero-order chi connectivity index (χ0) is 19.3. The summed E-state index contributed by atoms with van der Waals surface area (Å²) in [5.74, 6) is 0.239. The molecule has 2 aromatic heterocycles. The van der Waals surface area contributed by atoms with Crippen molar-refractivity contribution >= 4 is 28.7 Å². The van der Waals surface area contributed by atoms with E-state index in [9.17, 15) is 4.79 Å². The summed E-state index contributed by atoms with van der Waals surface area (Å²) in [4.78, 5) is 21.1. The van der Waals surface area contributed by atoms with Crippen molar-refractivity contribution in [1.82, 2.24) is 25.1 Å². The fourth-order valence-corrected chi connectivity index (χ4v) is 3.71. The van der Waals surface area contributed by atoms with Gasteiger partial charge in [0.2, 0.25) is 5.91 Å². The lowest BCUT2D eigenvalue weighted by Crippen LogP contribution is -2.28. The normalized spacial score (nSPS) is 12.0. The summed E-state index contributed by atoms with van der Waals surface area (Å²) in [5, 5.41) is 9.04. The highest BCUT2D eigenvalue weighted by molar-refractivity contribution is 8.00. The molecule has 0 saturated heterocycles. The molecular weight excluding hydrogens is 370 g/mol. The molecule has 0 fully saturated rings. The van der Waals surface area contributed by atoms with Crippen molar-refractivity contribution in [2.45, 2.75) is 18.0 Å². The zero-order valence-electron chi connectivity index (χ0n) is 15.3. The predicted molar refractivity (Wildman–Crippen MR) is 110 cm³/mol. The number of hydrogen-bond acceptors (Lipinski definition) is 5. The topological polar surface area (TPSA) is 72.7 Å². The highest BCUT2D eigenvalue weighted by Gasteiger charge is 2.14. The van der Waals surface area contributed by atoms with Crippen molar-refractivity contribution in [2.75, 3.05) is 5.75 Å². The maximum Gasteiger partial charge on any atom is 0.230 e. The summed E-state index contributed by atoms with van der Waals surface area (Å²) >= 11 is 1.39. The van der Waals surface area contributed by atoms with Gasteiger partial charge in [0.15, 0.2) is 5.65 Å². The largest absolute Gasteiger partial charge is 0.349 e. The van der Waals surface area contributed by atoms with E-state index in [-0.39, 0.29) is 17.7 Å². The van der Waals surface area contributed by atoms with E-state index in [1.54, 1.807) is 10.9 Å². The van der Waals surface area contributed by atoms with Gasteiger partial charge in [0.1, 0.15) is 11.4 Å². The molecule has 1 unspecified atom stereocenters. The summed E-state index contributed by atoms with van der Waals surface area (Å²) in [7, 11) is 0. The fourth-order valence-electron chi connectivity index (χ4n) is 2.94. The van der Waals surface area contributed by atoms with E-state index in [1.807, 2.05) is 67.6 Å². The maximum absolute atomic E-state index is 12.4. The number of amides is 1. The average Bonchev–Trinajstić information content (AvgIpc) is 3.18. The van der Waals surface area contributed by atoms with Crippen LogP contribution in [-0.4, -0.2) is 31.4 Å². The van der Waals surface area contributed by atoms with Gasteiger partial charge in [0, 0.05) is 0 Å². The third-order valence-corrected chi connectivity index (χ3v) is 5.35. The van der Waals surface area contributed by atoms with Crippen LogP contribution in [0.5, 0.6) is 0 Å². The van der Waals surface area contributed by atoms with Crippen molar-refractivity contribution in [1.29, 1.82) is 0 Å². The molecule has 1 N–H and O–H groups in total. The number of carbonyl (C=O) groups excluding carboxylic acids is 1. The summed E-state index contributed by atoms with van der Waals surface area (Å²) < 4.78 is 1.78. The van der Waals surface area contributed by atoms with E-state index in [0.29, 0.717) is 0 Å². The molecule has 7 heteroatoms. The number of para-hydroxylation sites is 1. The van der Waals surface area contributed by atoms with E-state index in [0.717, 1.165) is 27.3 Å². The maximum atomic E-state index is 12.4. The first kappa shape index (κ1) is 18.2. The van der Waals surface area contributed by atoms with Crippen molar-refractivity contribution in [2.24, 2.45) is 0 Å². The van der Waals surface area contributed by atoms with E-state index >= 15 is 0 Å². The lowest BCUT2D eigenvalue weighted by molar-refractivity contribution is -0.119. The molecule has 0 spiro atoms. The van der Waals surface area contributed by atoms with Gasteiger partial charge in [-0.3, -0.25) is 4.79 Å². The van der Waals surface area contributed by atoms with Crippen LogP contribution in [0.3, 0.4) is 0 Å². The molecule has 0 aliphatic heterocycles. The molecule has 0 bridgehead atoms. The summed E-state index contributed by atoms with van der Waals surface area (Å²) in [6, 6.07) is 19.7. The molecule has 1 atom stereocenters. The summed E-state index contributed by atoms with van der Waals surface area (Å²) in [6.45, 7) is 1.98. The van der Waals surface area contributed by atoms with Crippen LogP contribution >= 0.6 is 11.8 Å².